The molecule has 0 saturated heterocycles. The number of amides is 1. The van der Waals surface area contributed by atoms with Crippen molar-refractivity contribution >= 4 is 56.9 Å². The van der Waals surface area contributed by atoms with Crippen molar-refractivity contribution in [2.45, 2.75) is 13.3 Å². The number of esters is 1. The summed E-state index contributed by atoms with van der Waals surface area (Å²) < 4.78 is 4.91. The summed E-state index contributed by atoms with van der Waals surface area (Å²) in [6.07, 6.45) is 0.710. The molecule has 0 saturated carbocycles. The zero-order valence-electron chi connectivity index (χ0n) is 16.5. The number of rotatable bonds is 6. The number of ether oxygens (including phenoxy) is 1. The molecule has 6 nitrogen and oxygen atoms in total. The van der Waals surface area contributed by atoms with E-state index in [1.807, 2.05) is 36.4 Å². The molecule has 1 heterocycles. The summed E-state index contributed by atoms with van der Waals surface area (Å²) in [7, 11) is 1.36. The van der Waals surface area contributed by atoms with E-state index in [0.29, 0.717) is 27.8 Å². The van der Waals surface area contributed by atoms with Gasteiger partial charge in [-0.15, -0.1) is 11.3 Å². The summed E-state index contributed by atoms with van der Waals surface area (Å²) in [5.41, 5.74) is 3.05. The van der Waals surface area contributed by atoms with Crippen LogP contribution in [-0.4, -0.2) is 24.1 Å². The number of thiocarbonyl (C=S) groups is 1. The van der Waals surface area contributed by atoms with Gasteiger partial charge in [-0.25, -0.2) is 4.79 Å². The van der Waals surface area contributed by atoms with Crippen molar-refractivity contribution in [3.63, 3.8) is 0 Å². The molecule has 0 spiro atoms. The lowest BCUT2D eigenvalue weighted by Gasteiger charge is -2.11. The third kappa shape index (κ3) is 5.88. The fourth-order valence-corrected chi connectivity index (χ4v) is 4.15. The zero-order chi connectivity index (χ0) is 21.5. The highest BCUT2D eigenvalue weighted by Crippen LogP contribution is 2.31. The molecule has 1 amide bonds. The predicted octanol–water partition coefficient (Wildman–Crippen LogP) is 4.89. The third-order valence-electron chi connectivity index (χ3n) is 4.10. The number of anilines is 3. The number of carbonyl (C=O) groups is 2. The van der Waals surface area contributed by atoms with E-state index in [1.54, 1.807) is 24.3 Å². The van der Waals surface area contributed by atoms with Gasteiger partial charge in [0.1, 0.15) is 5.00 Å². The Balaban J connectivity index is 1.71. The first-order chi connectivity index (χ1) is 14.4. The molecule has 0 aliphatic carbocycles. The number of nitrogens with one attached hydrogen (secondary N) is 3. The molecule has 0 aliphatic heterocycles. The Hall–Kier alpha value is -3.23. The van der Waals surface area contributed by atoms with Crippen LogP contribution in [0, 0.1) is 0 Å². The molecule has 30 heavy (non-hydrogen) atoms. The van der Waals surface area contributed by atoms with Crippen LogP contribution in [0.25, 0.3) is 0 Å². The van der Waals surface area contributed by atoms with Gasteiger partial charge in [-0.2, -0.15) is 0 Å². The fourth-order valence-electron chi connectivity index (χ4n) is 2.79. The van der Waals surface area contributed by atoms with Crippen molar-refractivity contribution in [2.24, 2.45) is 0 Å². The number of methoxy groups -OCH3 is 1. The minimum absolute atomic E-state index is 0.132. The molecule has 0 bridgehead atoms. The largest absolute Gasteiger partial charge is 0.465 e. The minimum Gasteiger partial charge on any atom is -0.465 e. The molecule has 1 aromatic heterocycles. The lowest BCUT2D eigenvalue weighted by atomic mass is 10.1. The molecule has 3 N–H and O–H groups in total. The van der Waals surface area contributed by atoms with Crippen molar-refractivity contribution < 1.29 is 14.3 Å². The quantitative estimate of drug-likeness (QED) is 0.375. The van der Waals surface area contributed by atoms with Crippen molar-refractivity contribution in [3.05, 3.63) is 76.7 Å². The van der Waals surface area contributed by atoms with Gasteiger partial charge in [0.25, 0.3) is 0 Å². The van der Waals surface area contributed by atoms with Crippen LogP contribution in [0.15, 0.2) is 60.7 Å². The van der Waals surface area contributed by atoms with Crippen LogP contribution >= 0.6 is 23.6 Å². The maximum absolute atomic E-state index is 12.2. The van der Waals surface area contributed by atoms with Crippen molar-refractivity contribution in [3.8, 4) is 0 Å². The molecular weight excluding hydrogens is 418 g/mol. The van der Waals surface area contributed by atoms with Gasteiger partial charge >= 0.3 is 5.97 Å². The highest BCUT2D eigenvalue weighted by atomic mass is 32.1. The third-order valence-corrected chi connectivity index (χ3v) is 5.35. The highest BCUT2D eigenvalue weighted by molar-refractivity contribution is 7.80. The maximum Gasteiger partial charge on any atom is 0.340 e. The Morgan fingerprint density at radius 1 is 0.967 bits per heavy atom. The van der Waals surface area contributed by atoms with E-state index in [2.05, 4.69) is 16.0 Å². The molecule has 2 aromatic carbocycles. The Bertz CT molecular complexity index is 1050. The van der Waals surface area contributed by atoms with Gasteiger partial charge < -0.3 is 20.7 Å². The van der Waals surface area contributed by atoms with Crippen LogP contribution in [0.2, 0.25) is 0 Å². The van der Waals surface area contributed by atoms with Gasteiger partial charge in [0, 0.05) is 29.6 Å². The molecule has 3 rings (SSSR count). The molecule has 0 fully saturated rings. The first kappa shape index (κ1) is 21.5. The molecule has 0 aliphatic rings. The molecule has 0 radical (unpaired) electrons. The van der Waals surface area contributed by atoms with Gasteiger partial charge in [-0.1, -0.05) is 30.3 Å². The summed E-state index contributed by atoms with van der Waals surface area (Å²) in [5.74, 6) is -0.553. The summed E-state index contributed by atoms with van der Waals surface area (Å²) in [6.45, 7) is 1.46. The van der Waals surface area contributed by atoms with Crippen LogP contribution in [-0.2, 0) is 16.0 Å². The number of carbonyl (C=O) groups excluding carboxylic acids is 2. The highest BCUT2D eigenvalue weighted by Gasteiger charge is 2.18. The van der Waals surface area contributed by atoms with Gasteiger partial charge in [-0.3, -0.25) is 4.79 Å². The zero-order valence-corrected chi connectivity index (χ0v) is 18.2. The molecule has 0 atom stereocenters. The Morgan fingerprint density at radius 3 is 2.20 bits per heavy atom. The predicted molar refractivity (Wildman–Crippen MR) is 125 cm³/mol. The van der Waals surface area contributed by atoms with Gasteiger partial charge in [0.15, 0.2) is 5.11 Å². The van der Waals surface area contributed by atoms with Crippen LogP contribution in [0.3, 0.4) is 0 Å². The fraction of sp³-hybridized carbons (Fsp3) is 0.136. The van der Waals surface area contributed by atoms with E-state index in [9.17, 15) is 9.59 Å². The van der Waals surface area contributed by atoms with Crippen LogP contribution in [0.4, 0.5) is 16.4 Å². The average Bonchev–Trinajstić information content (AvgIpc) is 3.11. The minimum atomic E-state index is -0.421. The molecule has 3 aromatic rings. The van der Waals surface area contributed by atoms with E-state index < -0.39 is 5.97 Å². The van der Waals surface area contributed by atoms with Crippen molar-refractivity contribution in [1.82, 2.24) is 0 Å². The lowest BCUT2D eigenvalue weighted by Crippen LogP contribution is -2.19. The van der Waals surface area contributed by atoms with Crippen LogP contribution in [0.1, 0.15) is 27.7 Å². The van der Waals surface area contributed by atoms with E-state index in [1.165, 1.54) is 25.4 Å². The van der Waals surface area contributed by atoms with Crippen molar-refractivity contribution in [2.75, 3.05) is 23.1 Å². The maximum atomic E-state index is 12.2. The number of hydrogen-bond acceptors (Lipinski definition) is 5. The Morgan fingerprint density at radius 2 is 1.60 bits per heavy atom. The van der Waals surface area contributed by atoms with Gasteiger partial charge in [0.05, 0.1) is 12.7 Å². The number of hydrogen-bond donors (Lipinski definition) is 3. The number of thiophene rings is 1. The summed E-state index contributed by atoms with van der Waals surface area (Å²) >= 11 is 6.86. The summed E-state index contributed by atoms with van der Waals surface area (Å²) in [6, 6.07) is 19.0. The summed E-state index contributed by atoms with van der Waals surface area (Å²) in [5, 5.41) is 9.85. The molecule has 0 unspecified atom stereocenters. The first-order valence-corrected chi connectivity index (χ1v) is 10.4. The van der Waals surface area contributed by atoms with Gasteiger partial charge in [0.2, 0.25) is 5.91 Å². The smallest absolute Gasteiger partial charge is 0.340 e. The van der Waals surface area contributed by atoms with E-state index in [4.69, 9.17) is 17.0 Å². The second-order valence-corrected chi connectivity index (χ2v) is 7.99. The number of benzene rings is 2. The summed E-state index contributed by atoms with van der Waals surface area (Å²) in [4.78, 5) is 24.3. The lowest BCUT2D eigenvalue weighted by molar-refractivity contribution is -0.114. The molecule has 154 valence electrons. The normalized spacial score (nSPS) is 10.2. The average molecular weight is 440 g/mol. The van der Waals surface area contributed by atoms with E-state index in [0.717, 1.165) is 16.1 Å². The first-order valence-electron chi connectivity index (χ1n) is 9.15. The van der Waals surface area contributed by atoms with E-state index >= 15 is 0 Å². The topological polar surface area (TPSA) is 79.5 Å². The van der Waals surface area contributed by atoms with Crippen LogP contribution in [0.5, 0.6) is 0 Å². The van der Waals surface area contributed by atoms with Crippen LogP contribution < -0.4 is 16.0 Å². The van der Waals surface area contributed by atoms with E-state index in [-0.39, 0.29) is 5.91 Å². The standard InChI is InChI=1S/C22H21N3O3S2/c1-14(26)23-16-8-10-17(11-9-16)24-22(29)25-20-19(21(27)28-2)13-18(30-20)12-15-6-4-3-5-7-15/h3-11,13H,12H2,1-2H3,(H,23,26)(H2,24,25,29). The molecule has 8 heteroatoms. The van der Waals surface area contributed by atoms with Gasteiger partial charge in [-0.05, 0) is 48.1 Å². The van der Waals surface area contributed by atoms with Crippen molar-refractivity contribution in [1.29, 1.82) is 0 Å². The molecular formula is C22H21N3O3S2. The second kappa shape index (κ2) is 10.00. The monoisotopic (exact) mass is 439 g/mol. The Kier molecular flexibility index (Phi) is 7.16. The Labute approximate surface area is 184 Å². The second-order valence-electron chi connectivity index (χ2n) is 6.45. The SMILES string of the molecule is COC(=O)c1cc(Cc2ccccc2)sc1NC(=S)Nc1ccc(NC(C)=O)cc1.